The molecule has 2 aliphatic heterocycles. The highest BCUT2D eigenvalue weighted by molar-refractivity contribution is 5.37. The van der Waals surface area contributed by atoms with Crippen molar-refractivity contribution in [2.45, 2.75) is 45.5 Å². The van der Waals surface area contributed by atoms with Crippen molar-refractivity contribution in [2.75, 3.05) is 26.7 Å². The Morgan fingerprint density at radius 2 is 2.00 bits per heavy atom. The molecule has 0 bridgehead atoms. The molecule has 1 fully saturated rings. The maximum atomic E-state index is 9.47. The Hall–Kier alpha value is -1.89. The number of aliphatic hydroxyl groups excluding tert-OH is 1. The van der Waals surface area contributed by atoms with Crippen molar-refractivity contribution in [3.05, 3.63) is 46.3 Å². The first kappa shape index (κ1) is 17.5. The van der Waals surface area contributed by atoms with Crippen LogP contribution in [0.1, 0.15) is 40.9 Å². The second-order valence-electron chi connectivity index (χ2n) is 7.38. The Morgan fingerprint density at radius 3 is 2.77 bits per heavy atom. The van der Waals surface area contributed by atoms with E-state index in [1.165, 1.54) is 48.3 Å². The number of aromatic amines is 1. The van der Waals surface area contributed by atoms with Gasteiger partial charge in [-0.3, -0.25) is 14.9 Å². The smallest absolute Gasteiger partial charge is 0.123 e. The van der Waals surface area contributed by atoms with Crippen molar-refractivity contribution in [2.24, 2.45) is 0 Å². The van der Waals surface area contributed by atoms with Gasteiger partial charge in [-0.25, -0.2) is 0 Å². The van der Waals surface area contributed by atoms with Crippen LogP contribution in [-0.4, -0.2) is 51.8 Å². The summed E-state index contributed by atoms with van der Waals surface area (Å²) in [5, 5.41) is 16.8. The zero-order valence-electron chi connectivity index (χ0n) is 15.5. The fourth-order valence-corrected chi connectivity index (χ4v) is 4.17. The van der Waals surface area contributed by atoms with Crippen LogP contribution in [0.2, 0.25) is 0 Å². The Balaban J connectivity index is 1.47. The highest BCUT2D eigenvalue weighted by atomic mass is 16.5. The van der Waals surface area contributed by atoms with E-state index >= 15 is 0 Å². The van der Waals surface area contributed by atoms with E-state index in [4.69, 9.17) is 4.74 Å². The first-order valence-electron chi connectivity index (χ1n) is 9.53. The molecule has 2 N–H and O–H groups in total. The zero-order valence-corrected chi connectivity index (χ0v) is 15.5. The van der Waals surface area contributed by atoms with Gasteiger partial charge in [0.05, 0.1) is 19.4 Å². The topological polar surface area (TPSA) is 64.6 Å². The lowest BCUT2D eigenvalue weighted by atomic mass is 10.0. The van der Waals surface area contributed by atoms with E-state index < -0.39 is 0 Å². The second kappa shape index (κ2) is 7.78. The molecule has 140 valence electrons. The van der Waals surface area contributed by atoms with E-state index in [1.807, 2.05) is 0 Å². The summed E-state index contributed by atoms with van der Waals surface area (Å²) in [7, 11) is 1.75. The summed E-state index contributed by atoms with van der Waals surface area (Å²) >= 11 is 0. The molecule has 1 saturated heterocycles. The average Bonchev–Trinajstić information content (AvgIpc) is 3.31. The highest BCUT2D eigenvalue weighted by Gasteiger charge is 2.22. The molecule has 26 heavy (non-hydrogen) atoms. The fourth-order valence-electron chi connectivity index (χ4n) is 4.17. The summed E-state index contributed by atoms with van der Waals surface area (Å²) < 4.78 is 5.59. The van der Waals surface area contributed by atoms with Gasteiger partial charge in [0.1, 0.15) is 5.75 Å². The lowest BCUT2D eigenvalue weighted by molar-refractivity contribution is 0.236. The van der Waals surface area contributed by atoms with Crippen LogP contribution in [-0.2, 0) is 32.7 Å². The molecule has 6 nitrogen and oxygen atoms in total. The number of methoxy groups -OCH3 is 1. The first-order valence-corrected chi connectivity index (χ1v) is 9.53. The fraction of sp³-hybridized carbons (Fsp3) is 0.550. The molecule has 0 unspecified atom stereocenters. The number of aromatic nitrogens is 2. The number of hydrogen-bond acceptors (Lipinski definition) is 5. The number of H-pyrrole nitrogens is 1. The van der Waals surface area contributed by atoms with E-state index in [2.05, 4.69) is 38.2 Å². The van der Waals surface area contributed by atoms with Crippen molar-refractivity contribution in [1.29, 1.82) is 0 Å². The Morgan fingerprint density at radius 1 is 1.15 bits per heavy atom. The van der Waals surface area contributed by atoms with Gasteiger partial charge < -0.3 is 9.84 Å². The summed E-state index contributed by atoms with van der Waals surface area (Å²) in [6.45, 7) is 6.11. The largest absolute Gasteiger partial charge is 0.496 e. The van der Waals surface area contributed by atoms with Gasteiger partial charge in [0.2, 0.25) is 0 Å². The molecule has 6 heteroatoms. The third-order valence-electron chi connectivity index (χ3n) is 5.59. The number of nitrogens with one attached hydrogen (secondary N) is 1. The molecule has 0 aliphatic carbocycles. The Kier molecular flexibility index (Phi) is 5.24. The van der Waals surface area contributed by atoms with Crippen molar-refractivity contribution in [3.63, 3.8) is 0 Å². The van der Waals surface area contributed by atoms with Crippen LogP contribution in [0, 0.1) is 0 Å². The molecular weight excluding hydrogens is 328 g/mol. The van der Waals surface area contributed by atoms with Crippen molar-refractivity contribution >= 4 is 0 Å². The second-order valence-corrected chi connectivity index (χ2v) is 7.38. The van der Waals surface area contributed by atoms with E-state index in [9.17, 15) is 5.11 Å². The monoisotopic (exact) mass is 356 g/mol. The van der Waals surface area contributed by atoms with Crippen LogP contribution >= 0.6 is 0 Å². The molecule has 1 aromatic carbocycles. The van der Waals surface area contributed by atoms with Gasteiger partial charge in [-0.15, -0.1) is 0 Å². The molecular formula is C20H28N4O2. The summed E-state index contributed by atoms with van der Waals surface area (Å²) in [5.74, 6) is 0.985. The number of aliphatic hydroxyl groups is 1. The molecule has 3 heterocycles. The first-order chi connectivity index (χ1) is 12.8. The molecule has 0 saturated carbocycles. The van der Waals surface area contributed by atoms with Gasteiger partial charge >= 0.3 is 0 Å². The summed E-state index contributed by atoms with van der Waals surface area (Å²) in [5.41, 5.74) is 5.73. The Labute approximate surface area is 154 Å². The van der Waals surface area contributed by atoms with Crippen molar-refractivity contribution < 1.29 is 9.84 Å². The molecule has 0 atom stereocenters. The number of nitrogens with zero attached hydrogens (tertiary/aromatic N) is 3. The number of fused-ring (bicyclic) bond motifs is 1. The number of likely N-dealkylation sites (tertiary alicyclic amines) is 1. The van der Waals surface area contributed by atoms with Crippen LogP contribution in [0.15, 0.2) is 18.2 Å². The molecule has 2 aliphatic rings. The number of ether oxygens (including phenoxy) is 1. The average molecular weight is 356 g/mol. The predicted octanol–water partition coefficient (Wildman–Crippen LogP) is 2.06. The van der Waals surface area contributed by atoms with Crippen LogP contribution in [0.5, 0.6) is 5.75 Å². The zero-order chi connectivity index (χ0) is 17.9. The van der Waals surface area contributed by atoms with Gasteiger partial charge in [0.15, 0.2) is 0 Å². The molecule has 1 aromatic heterocycles. The number of hydrogen-bond donors (Lipinski definition) is 2. The van der Waals surface area contributed by atoms with E-state index in [0.29, 0.717) is 0 Å². The Bertz CT molecular complexity index is 739. The third-order valence-corrected chi connectivity index (χ3v) is 5.59. The number of rotatable bonds is 6. The van der Waals surface area contributed by atoms with Gasteiger partial charge in [-0.05, 0) is 43.6 Å². The van der Waals surface area contributed by atoms with E-state index in [-0.39, 0.29) is 6.61 Å². The lowest BCUT2D eigenvalue weighted by Crippen LogP contribution is -2.30. The van der Waals surface area contributed by atoms with Crippen LogP contribution in [0.3, 0.4) is 0 Å². The minimum atomic E-state index is 0.00217. The van der Waals surface area contributed by atoms with Gasteiger partial charge in [0.25, 0.3) is 0 Å². The summed E-state index contributed by atoms with van der Waals surface area (Å²) in [6, 6.07) is 6.58. The van der Waals surface area contributed by atoms with Crippen LogP contribution in [0.4, 0.5) is 0 Å². The maximum Gasteiger partial charge on any atom is 0.123 e. The van der Waals surface area contributed by atoms with Gasteiger partial charge in [-0.2, -0.15) is 5.10 Å². The molecule has 0 radical (unpaired) electrons. The number of benzene rings is 1. The highest BCUT2D eigenvalue weighted by Crippen LogP contribution is 2.26. The minimum absolute atomic E-state index is 0.00217. The molecule has 0 spiro atoms. The SMILES string of the molecule is COc1ccc(CN2CCc3[nH]nc(CO)c3C2)cc1CN1CCCC1. The van der Waals surface area contributed by atoms with Crippen LogP contribution in [0.25, 0.3) is 0 Å². The molecule has 0 amide bonds. The normalized spacial score (nSPS) is 18.2. The predicted molar refractivity (Wildman–Crippen MR) is 99.8 cm³/mol. The lowest BCUT2D eigenvalue weighted by Gasteiger charge is -2.27. The maximum absolute atomic E-state index is 9.47. The minimum Gasteiger partial charge on any atom is -0.496 e. The van der Waals surface area contributed by atoms with Crippen molar-refractivity contribution in [1.82, 2.24) is 20.0 Å². The van der Waals surface area contributed by atoms with Gasteiger partial charge in [0, 0.05) is 49.4 Å². The summed E-state index contributed by atoms with van der Waals surface area (Å²) in [6.07, 6.45) is 3.56. The standard InChI is InChI=1S/C20H28N4O2/c1-26-20-5-4-15(10-16(20)12-23-7-2-3-8-23)11-24-9-6-18-17(13-24)19(14-25)22-21-18/h4-5,10,25H,2-3,6-9,11-14H2,1H3,(H,21,22). The third kappa shape index (κ3) is 3.63. The van der Waals surface area contributed by atoms with Gasteiger partial charge in [-0.1, -0.05) is 6.07 Å². The summed E-state index contributed by atoms with van der Waals surface area (Å²) in [4.78, 5) is 4.94. The van der Waals surface area contributed by atoms with Crippen LogP contribution < -0.4 is 4.74 Å². The van der Waals surface area contributed by atoms with E-state index in [0.717, 1.165) is 44.0 Å². The van der Waals surface area contributed by atoms with E-state index in [1.54, 1.807) is 7.11 Å². The molecule has 4 rings (SSSR count). The molecule has 2 aromatic rings. The quantitative estimate of drug-likeness (QED) is 0.830. The van der Waals surface area contributed by atoms with Crippen molar-refractivity contribution in [3.8, 4) is 5.75 Å².